The number of benzene rings is 1. The van der Waals surface area contributed by atoms with Gasteiger partial charge in [-0.1, -0.05) is 12.1 Å². The molecule has 0 spiro atoms. The smallest absolute Gasteiger partial charge is 0.330 e. The van der Waals surface area contributed by atoms with E-state index in [1.807, 2.05) is 0 Å². The number of hydrogen-bond donors (Lipinski definition) is 0. The van der Waals surface area contributed by atoms with Crippen molar-refractivity contribution in [3.63, 3.8) is 0 Å². The lowest BCUT2D eigenvalue weighted by Gasteiger charge is -2.33. The second kappa shape index (κ2) is 8.49. The summed E-state index contributed by atoms with van der Waals surface area (Å²) in [6, 6.07) is 7.54. The highest BCUT2D eigenvalue weighted by Gasteiger charge is 2.57. The minimum Gasteiger partial charge on any atom is -0.454 e. The van der Waals surface area contributed by atoms with Crippen molar-refractivity contribution >= 4 is 35.0 Å². The number of thioether (sulfide) groups is 1. The third-order valence-corrected chi connectivity index (χ3v) is 9.53. The van der Waals surface area contributed by atoms with Gasteiger partial charge in [0.2, 0.25) is 5.91 Å². The summed E-state index contributed by atoms with van der Waals surface area (Å²) in [5.41, 5.74) is 2.18. The van der Waals surface area contributed by atoms with Gasteiger partial charge in [-0.05, 0) is 61.4 Å². The summed E-state index contributed by atoms with van der Waals surface area (Å²) in [6.45, 7) is -0.149. The summed E-state index contributed by atoms with van der Waals surface area (Å²) >= 11 is 3.21. The van der Waals surface area contributed by atoms with Crippen molar-refractivity contribution in [1.29, 1.82) is 0 Å². The average Bonchev–Trinajstić information content (AvgIpc) is 3.62. The Hall–Kier alpha value is -2.72. The van der Waals surface area contributed by atoms with E-state index in [1.54, 1.807) is 28.4 Å². The van der Waals surface area contributed by atoms with Gasteiger partial charge in [0.15, 0.2) is 6.61 Å². The van der Waals surface area contributed by atoms with E-state index < -0.39 is 16.9 Å². The van der Waals surface area contributed by atoms with E-state index in [4.69, 9.17) is 9.15 Å². The Morgan fingerprint density at radius 1 is 1.21 bits per heavy atom. The molecular formula is C24H22FN3O4S2. The van der Waals surface area contributed by atoms with Crippen LogP contribution >= 0.6 is 23.1 Å². The number of halogens is 1. The van der Waals surface area contributed by atoms with E-state index in [9.17, 15) is 14.0 Å². The Kier molecular flexibility index (Phi) is 5.44. The number of carbonyl (C=O) groups is 2. The van der Waals surface area contributed by atoms with Crippen LogP contribution in [-0.2, 0) is 38.6 Å². The summed E-state index contributed by atoms with van der Waals surface area (Å²) in [4.78, 5) is 29.0. The van der Waals surface area contributed by atoms with Crippen molar-refractivity contribution in [3.8, 4) is 10.8 Å². The van der Waals surface area contributed by atoms with Crippen LogP contribution < -0.4 is 0 Å². The van der Waals surface area contributed by atoms with Crippen LogP contribution in [0.25, 0.3) is 10.8 Å². The van der Waals surface area contributed by atoms with Crippen LogP contribution in [0.5, 0.6) is 0 Å². The zero-order chi connectivity index (χ0) is 23.3. The molecule has 4 heterocycles. The molecule has 1 amide bonds. The first-order valence-electron chi connectivity index (χ1n) is 11.4. The summed E-state index contributed by atoms with van der Waals surface area (Å²) in [7, 11) is 0. The van der Waals surface area contributed by atoms with Crippen LogP contribution in [-0.4, -0.2) is 38.8 Å². The number of rotatable bonds is 5. The normalized spacial score (nSPS) is 23.7. The highest BCUT2D eigenvalue weighted by Crippen LogP contribution is 2.54. The topological polar surface area (TPSA) is 85.5 Å². The molecule has 0 bridgehead atoms. The van der Waals surface area contributed by atoms with Gasteiger partial charge in [-0.3, -0.25) is 4.79 Å². The van der Waals surface area contributed by atoms with Gasteiger partial charge in [0.25, 0.3) is 11.8 Å². The first-order chi connectivity index (χ1) is 16.5. The van der Waals surface area contributed by atoms with Crippen molar-refractivity contribution < 1.29 is 23.1 Å². The van der Waals surface area contributed by atoms with Gasteiger partial charge in [0.1, 0.15) is 16.7 Å². The maximum absolute atomic E-state index is 13.4. The molecule has 10 heteroatoms. The van der Waals surface area contributed by atoms with Crippen molar-refractivity contribution in [3.05, 3.63) is 58.0 Å². The number of hydrogen-bond acceptors (Lipinski definition) is 8. The Labute approximate surface area is 203 Å². The third-order valence-electron chi connectivity index (χ3n) is 6.71. The molecule has 1 aliphatic carbocycles. The van der Waals surface area contributed by atoms with Gasteiger partial charge >= 0.3 is 5.97 Å². The number of aryl methyl sites for hydroxylation is 2. The molecule has 2 saturated heterocycles. The van der Waals surface area contributed by atoms with Gasteiger partial charge in [-0.2, -0.15) is 0 Å². The quantitative estimate of drug-likeness (QED) is 0.480. The molecule has 1 aromatic carbocycles. The molecule has 6 rings (SSSR count). The number of amides is 1. The minimum absolute atomic E-state index is 0.0991. The average molecular weight is 500 g/mol. The van der Waals surface area contributed by atoms with Crippen LogP contribution in [0.3, 0.4) is 0 Å². The molecule has 2 atom stereocenters. The zero-order valence-electron chi connectivity index (χ0n) is 18.3. The SMILES string of the molecule is O=C(OCc1nnc(-c2cc3c(s2)CCCC3)o1)[C@H]1CS[C@@]2(c3ccc(F)cc3)CCC(=O)N12. The van der Waals surface area contributed by atoms with Crippen LogP contribution in [0.4, 0.5) is 4.39 Å². The van der Waals surface area contributed by atoms with Crippen LogP contribution in [0.2, 0.25) is 0 Å². The molecule has 0 saturated carbocycles. The predicted molar refractivity (Wildman–Crippen MR) is 124 cm³/mol. The maximum atomic E-state index is 13.4. The largest absolute Gasteiger partial charge is 0.454 e. The fourth-order valence-electron chi connectivity index (χ4n) is 5.06. The molecule has 2 fully saturated rings. The lowest BCUT2D eigenvalue weighted by molar-refractivity contribution is -0.155. The molecule has 34 heavy (non-hydrogen) atoms. The van der Waals surface area contributed by atoms with Crippen LogP contribution in [0, 0.1) is 5.82 Å². The van der Waals surface area contributed by atoms with Crippen LogP contribution in [0.1, 0.15) is 47.6 Å². The van der Waals surface area contributed by atoms with Crippen molar-refractivity contribution in [2.24, 2.45) is 0 Å². The van der Waals surface area contributed by atoms with E-state index in [2.05, 4.69) is 16.3 Å². The predicted octanol–water partition coefficient (Wildman–Crippen LogP) is 4.45. The second-order valence-electron chi connectivity index (χ2n) is 8.76. The third kappa shape index (κ3) is 3.63. The molecule has 0 radical (unpaired) electrons. The maximum Gasteiger partial charge on any atom is 0.330 e. The van der Waals surface area contributed by atoms with Gasteiger partial charge in [0, 0.05) is 17.1 Å². The van der Waals surface area contributed by atoms with Gasteiger partial charge in [0.05, 0.1) is 4.88 Å². The lowest BCUT2D eigenvalue weighted by atomic mass is 9.99. The first-order valence-corrected chi connectivity index (χ1v) is 13.2. The molecule has 176 valence electrons. The first kappa shape index (κ1) is 21.8. The number of aromatic nitrogens is 2. The van der Waals surface area contributed by atoms with E-state index >= 15 is 0 Å². The highest BCUT2D eigenvalue weighted by atomic mass is 32.2. The Bertz CT molecular complexity index is 1230. The number of carbonyl (C=O) groups excluding carboxylic acids is 2. The second-order valence-corrected chi connectivity index (χ2v) is 11.2. The van der Waals surface area contributed by atoms with E-state index in [0.29, 0.717) is 24.5 Å². The Morgan fingerprint density at radius 2 is 2.03 bits per heavy atom. The Balaban J connectivity index is 1.15. The molecule has 3 aliphatic rings. The number of ether oxygens (including phenoxy) is 1. The summed E-state index contributed by atoms with van der Waals surface area (Å²) in [5.74, 6) is 0.134. The standard InChI is InChI=1S/C24H22FN3O4S2/c25-16-7-5-15(6-8-16)24-10-9-21(29)28(24)17(13-33-24)23(30)31-12-20-26-27-22(32-20)19-11-14-3-1-2-4-18(14)34-19/h5-8,11,17H,1-4,9-10,12-13H2/t17-,24-/m1/s1. The van der Waals surface area contributed by atoms with Crippen molar-refractivity contribution in [2.75, 3.05) is 5.75 Å². The van der Waals surface area contributed by atoms with E-state index in [0.717, 1.165) is 23.3 Å². The lowest BCUT2D eigenvalue weighted by Crippen LogP contribution is -2.46. The van der Waals surface area contributed by atoms with Crippen molar-refractivity contribution in [1.82, 2.24) is 15.1 Å². The summed E-state index contributed by atoms with van der Waals surface area (Å²) in [5, 5.41) is 8.17. The fraction of sp³-hybridized carbons (Fsp3) is 0.417. The van der Waals surface area contributed by atoms with Gasteiger partial charge < -0.3 is 14.1 Å². The molecule has 3 aromatic rings. The van der Waals surface area contributed by atoms with E-state index in [1.165, 1.54) is 47.2 Å². The molecule has 2 aromatic heterocycles. The molecule has 0 unspecified atom stereocenters. The minimum atomic E-state index is -0.712. The van der Waals surface area contributed by atoms with Crippen LogP contribution in [0.15, 0.2) is 34.7 Å². The summed E-state index contributed by atoms with van der Waals surface area (Å²) < 4.78 is 24.7. The fourth-order valence-corrected chi connectivity index (χ4v) is 7.88. The van der Waals surface area contributed by atoms with Gasteiger partial charge in [-0.25, -0.2) is 9.18 Å². The molecule has 7 nitrogen and oxygen atoms in total. The number of nitrogens with zero attached hydrogens (tertiary/aromatic N) is 3. The Morgan fingerprint density at radius 3 is 2.85 bits per heavy atom. The van der Waals surface area contributed by atoms with E-state index in [-0.39, 0.29) is 24.2 Å². The molecule has 0 N–H and O–H groups in total. The van der Waals surface area contributed by atoms with Gasteiger partial charge in [-0.15, -0.1) is 33.3 Å². The molecular weight excluding hydrogens is 477 g/mol. The zero-order valence-corrected chi connectivity index (χ0v) is 19.9. The monoisotopic (exact) mass is 499 g/mol. The highest BCUT2D eigenvalue weighted by molar-refractivity contribution is 8.00. The summed E-state index contributed by atoms with van der Waals surface area (Å²) in [6.07, 6.45) is 5.50. The number of fused-ring (bicyclic) bond motifs is 2. The number of thiophene rings is 1. The number of esters is 1. The molecule has 2 aliphatic heterocycles. The van der Waals surface area contributed by atoms with Crippen molar-refractivity contribution in [2.45, 2.75) is 56.0 Å².